The number of rotatable bonds is 1. The van der Waals surface area contributed by atoms with Crippen LogP contribution in [0.5, 0.6) is 0 Å². The highest BCUT2D eigenvalue weighted by Gasteiger charge is 2.15. The average Bonchev–Trinajstić information content (AvgIpc) is 2.55. The van der Waals surface area contributed by atoms with E-state index in [9.17, 15) is 8.78 Å². The molecule has 0 aliphatic rings. The van der Waals surface area contributed by atoms with Gasteiger partial charge in [0.15, 0.2) is 0 Å². The first kappa shape index (κ1) is 10.6. The fourth-order valence-electron chi connectivity index (χ4n) is 1.25. The van der Waals surface area contributed by atoms with E-state index in [0.29, 0.717) is 5.39 Å². The summed E-state index contributed by atoms with van der Waals surface area (Å²) in [6, 6.07) is 3.54. The maximum atomic E-state index is 12.5. The first-order valence-corrected chi connectivity index (χ1v) is 6.18. The molecule has 2 aromatic rings. The van der Waals surface area contributed by atoms with Crippen LogP contribution in [0.2, 0.25) is 0 Å². The van der Waals surface area contributed by atoms with E-state index in [1.165, 1.54) is 16.7 Å². The van der Waals surface area contributed by atoms with E-state index >= 15 is 0 Å². The summed E-state index contributed by atoms with van der Waals surface area (Å²) in [4.78, 5) is 0.792. The molecule has 0 radical (unpaired) electrons. The molecule has 0 nitrogen and oxygen atoms in total. The zero-order valence-electron chi connectivity index (χ0n) is 6.80. The molecular formula is C9H5F2IS2. The molecule has 0 aliphatic heterocycles. The Balaban J connectivity index is 2.77. The Morgan fingerprint density at radius 1 is 1.36 bits per heavy atom. The van der Waals surface area contributed by atoms with Gasteiger partial charge in [0.25, 0.3) is 6.43 Å². The molecule has 0 spiro atoms. The highest BCUT2D eigenvalue weighted by molar-refractivity contribution is 14.1. The van der Waals surface area contributed by atoms with Crippen LogP contribution >= 0.6 is 46.6 Å². The van der Waals surface area contributed by atoms with Crippen LogP contribution in [-0.4, -0.2) is 0 Å². The van der Waals surface area contributed by atoms with E-state index in [1.807, 2.05) is 6.07 Å². The Labute approximate surface area is 103 Å². The molecule has 2 rings (SSSR count). The summed E-state index contributed by atoms with van der Waals surface area (Å²) in [6.45, 7) is 0. The van der Waals surface area contributed by atoms with Crippen molar-refractivity contribution in [1.29, 1.82) is 0 Å². The van der Waals surface area contributed by atoms with E-state index in [0.717, 1.165) is 13.2 Å². The average molecular weight is 342 g/mol. The van der Waals surface area contributed by atoms with Crippen LogP contribution in [0.4, 0.5) is 8.78 Å². The Hall–Kier alpha value is 0.120. The Kier molecular flexibility index (Phi) is 2.99. The largest absolute Gasteiger partial charge is 0.265 e. The monoisotopic (exact) mass is 342 g/mol. The third-order valence-electron chi connectivity index (χ3n) is 1.93. The highest BCUT2D eigenvalue weighted by Crippen LogP contribution is 2.37. The molecule has 0 saturated heterocycles. The number of benzene rings is 1. The van der Waals surface area contributed by atoms with Crippen molar-refractivity contribution in [2.45, 2.75) is 11.3 Å². The van der Waals surface area contributed by atoms with Gasteiger partial charge in [-0.15, -0.1) is 24.0 Å². The Bertz CT molecular complexity index is 479. The van der Waals surface area contributed by atoms with Crippen molar-refractivity contribution in [1.82, 2.24) is 0 Å². The summed E-state index contributed by atoms with van der Waals surface area (Å²) in [5.74, 6) is 0. The van der Waals surface area contributed by atoms with E-state index < -0.39 is 6.43 Å². The normalized spacial score (nSPS) is 11.5. The van der Waals surface area contributed by atoms with Gasteiger partial charge in [0, 0.05) is 29.5 Å². The molecule has 14 heavy (non-hydrogen) atoms. The van der Waals surface area contributed by atoms with Crippen molar-refractivity contribution in [3.63, 3.8) is 0 Å². The molecule has 1 aromatic carbocycles. The molecule has 1 heterocycles. The van der Waals surface area contributed by atoms with Crippen molar-refractivity contribution in [3.05, 3.63) is 26.6 Å². The zero-order valence-corrected chi connectivity index (χ0v) is 10.7. The molecule has 0 saturated carbocycles. The van der Waals surface area contributed by atoms with Crippen LogP contribution in [0.1, 0.15) is 12.0 Å². The third-order valence-corrected chi connectivity index (χ3v) is 4.91. The van der Waals surface area contributed by atoms with Crippen molar-refractivity contribution < 1.29 is 8.78 Å². The third kappa shape index (κ3) is 1.65. The van der Waals surface area contributed by atoms with Crippen molar-refractivity contribution in [2.75, 3.05) is 0 Å². The second kappa shape index (κ2) is 3.94. The smallest absolute Gasteiger partial charge is 0.205 e. The Morgan fingerprint density at radius 2 is 2.07 bits per heavy atom. The van der Waals surface area contributed by atoms with Gasteiger partial charge in [-0.25, -0.2) is 8.78 Å². The first-order valence-electron chi connectivity index (χ1n) is 3.78. The number of thiol groups is 1. The number of halogens is 3. The quantitative estimate of drug-likeness (QED) is 0.562. The first-order chi connectivity index (χ1) is 6.61. The number of hydrogen-bond donors (Lipinski definition) is 1. The SMILES string of the molecule is FC(F)c1csc2c(S)c(I)ccc12. The van der Waals surface area contributed by atoms with E-state index in [4.69, 9.17) is 0 Å². The van der Waals surface area contributed by atoms with Crippen molar-refractivity contribution in [2.24, 2.45) is 0 Å². The minimum atomic E-state index is -2.41. The van der Waals surface area contributed by atoms with Gasteiger partial charge in [-0.2, -0.15) is 0 Å². The molecule has 0 bridgehead atoms. The summed E-state index contributed by atoms with van der Waals surface area (Å²) in [7, 11) is 0. The zero-order chi connectivity index (χ0) is 10.3. The maximum absolute atomic E-state index is 12.5. The minimum absolute atomic E-state index is 0.108. The second-order valence-electron chi connectivity index (χ2n) is 2.76. The van der Waals surface area contributed by atoms with Crippen LogP contribution in [0.15, 0.2) is 22.4 Å². The predicted molar refractivity (Wildman–Crippen MR) is 66.8 cm³/mol. The van der Waals surface area contributed by atoms with Crippen molar-refractivity contribution >= 4 is 56.6 Å². The molecular weight excluding hydrogens is 337 g/mol. The number of thiophene rings is 1. The van der Waals surface area contributed by atoms with E-state index in [-0.39, 0.29) is 5.56 Å². The fraction of sp³-hybridized carbons (Fsp3) is 0.111. The summed E-state index contributed by atoms with van der Waals surface area (Å²) < 4.78 is 26.9. The lowest BCUT2D eigenvalue weighted by atomic mass is 10.2. The van der Waals surface area contributed by atoms with Gasteiger partial charge >= 0.3 is 0 Å². The maximum Gasteiger partial charge on any atom is 0.265 e. The minimum Gasteiger partial charge on any atom is -0.205 e. The second-order valence-corrected chi connectivity index (χ2v) is 5.25. The van der Waals surface area contributed by atoms with Gasteiger partial charge in [-0.05, 0) is 28.7 Å². The number of fused-ring (bicyclic) bond motifs is 1. The standard InChI is InChI=1S/C9H5F2IS2/c10-9(11)5-3-14-8-4(5)1-2-6(12)7(8)13/h1-3,9,13H. The molecule has 0 amide bonds. The predicted octanol–water partition coefficient (Wildman–Crippen LogP) is 4.73. The number of hydrogen-bond acceptors (Lipinski definition) is 2. The summed E-state index contributed by atoms with van der Waals surface area (Å²) in [5, 5.41) is 2.13. The van der Waals surface area contributed by atoms with Crippen LogP contribution in [0.3, 0.4) is 0 Å². The van der Waals surface area contributed by atoms with Gasteiger partial charge in [0.05, 0.1) is 0 Å². The Morgan fingerprint density at radius 3 is 2.71 bits per heavy atom. The lowest BCUT2D eigenvalue weighted by Crippen LogP contribution is -1.81. The van der Waals surface area contributed by atoms with Gasteiger partial charge in [0.1, 0.15) is 0 Å². The van der Waals surface area contributed by atoms with Gasteiger partial charge < -0.3 is 0 Å². The molecule has 74 valence electrons. The van der Waals surface area contributed by atoms with Crippen molar-refractivity contribution in [3.8, 4) is 0 Å². The van der Waals surface area contributed by atoms with E-state index in [1.54, 1.807) is 6.07 Å². The molecule has 0 fully saturated rings. The molecule has 0 aliphatic carbocycles. The molecule has 0 unspecified atom stereocenters. The lowest BCUT2D eigenvalue weighted by molar-refractivity contribution is 0.153. The van der Waals surface area contributed by atoms with Crippen LogP contribution in [-0.2, 0) is 0 Å². The van der Waals surface area contributed by atoms with Crippen LogP contribution in [0.25, 0.3) is 10.1 Å². The summed E-state index contributed by atoms with van der Waals surface area (Å²) in [6.07, 6.45) is -2.41. The van der Waals surface area contributed by atoms with Crippen LogP contribution in [0, 0.1) is 3.57 Å². The number of alkyl halides is 2. The molecule has 1 aromatic heterocycles. The highest BCUT2D eigenvalue weighted by atomic mass is 127. The topological polar surface area (TPSA) is 0 Å². The van der Waals surface area contributed by atoms with Gasteiger partial charge in [-0.1, -0.05) is 6.07 Å². The van der Waals surface area contributed by atoms with Crippen LogP contribution < -0.4 is 0 Å². The molecule has 5 heteroatoms. The fourth-order valence-corrected chi connectivity index (χ4v) is 3.24. The molecule has 0 N–H and O–H groups in total. The van der Waals surface area contributed by atoms with E-state index in [2.05, 4.69) is 35.2 Å². The van der Waals surface area contributed by atoms with Gasteiger partial charge in [0.2, 0.25) is 0 Å². The lowest BCUT2D eigenvalue weighted by Gasteiger charge is -2.00. The summed E-state index contributed by atoms with van der Waals surface area (Å²) >= 11 is 7.77. The summed E-state index contributed by atoms with van der Waals surface area (Å²) in [5.41, 5.74) is 0.108. The van der Waals surface area contributed by atoms with Gasteiger partial charge in [-0.3, -0.25) is 0 Å². The molecule has 0 atom stereocenters.